The van der Waals surface area contributed by atoms with Gasteiger partial charge in [-0.1, -0.05) is 39.3 Å². The monoisotopic (exact) mass is 570 g/mol. The number of carbonyl (C=O) groups is 2. The molecule has 39 heavy (non-hydrogen) atoms. The Labute approximate surface area is 259 Å². The molecule has 2 rings (SSSR count). The Morgan fingerprint density at radius 3 is 1.54 bits per heavy atom. The Hall–Kier alpha value is -1.13. The Morgan fingerprint density at radius 2 is 1.21 bits per heavy atom. The average Bonchev–Trinajstić information content (AvgIpc) is 3.30. The number of carbonyl (C=O) groups excluding carboxylic acids is 2. The Balaban J connectivity index is -0.000000620. The third-order valence-electron chi connectivity index (χ3n) is 5.32. The zero-order chi connectivity index (χ0) is 27.5. The first-order valence-corrected chi connectivity index (χ1v) is 19.6. The van der Waals surface area contributed by atoms with Crippen molar-refractivity contribution in [3.8, 4) is 0 Å². The average molecular weight is 571 g/mol. The van der Waals surface area contributed by atoms with Crippen molar-refractivity contribution < 1.29 is 72.1 Å². The summed E-state index contributed by atoms with van der Waals surface area (Å²) in [6.07, 6.45) is 3.09. The van der Waals surface area contributed by atoms with Crippen molar-refractivity contribution in [1.82, 2.24) is 19.1 Å². The largest absolute Gasteiger partial charge is 1.00 e. The maximum atomic E-state index is 11.6. The van der Waals surface area contributed by atoms with Gasteiger partial charge in [-0.3, -0.25) is 0 Å². The molecule has 0 amide bonds. The summed E-state index contributed by atoms with van der Waals surface area (Å²) in [5.41, 5.74) is 1.71. The second-order valence-electron chi connectivity index (χ2n) is 11.0. The molecule has 0 unspecified atom stereocenters. The van der Waals surface area contributed by atoms with Crippen molar-refractivity contribution in [2.75, 3.05) is 19.8 Å². The van der Waals surface area contributed by atoms with Gasteiger partial charge in [0.1, 0.15) is 19.2 Å². The topological polar surface area (TPSA) is 151 Å². The number of nitrogens with zero attached hydrogens (tertiary/aromatic N) is 4. The molecule has 0 aliphatic heterocycles. The van der Waals surface area contributed by atoms with Crippen molar-refractivity contribution in [1.29, 1.82) is 0 Å². The van der Waals surface area contributed by atoms with E-state index in [2.05, 4.69) is 49.3 Å². The SMILES string of the molecule is CCOC(=O)c1ncn(COCC[Si](C)(C)C)c1C.Cc1c(C(=O)[O-])ncn1COCC[Si](C)(C)C.[Li+].[Li+].[OH-]. The van der Waals surface area contributed by atoms with Crippen LogP contribution in [0.15, 0.2) is 12.7 Å². The predicted octanol–water partition coefficient (Wildman–Crippen LogP) is -2.62. The minimum Gasteiger partial charge on any atom is -0.870 e. The summed E-state index contributed by atoms with van der Waals surface area (Å²) in [6, 6.07) is 2.22. The first-order valence-electron chi connectivity index (χ1n) is 12.2. The van der Waals surface area contributed by atoms with Crippen LogP contribution < -0.4 is 42.8 Å². The van der Waals surface area contributed by atoms with Crippen LogP contribution in [0.3, 0.4) is 0 Å². The molecule has 0 spiro atoms. The number of hydrogen-bond donors (Lipinski definition) is 0. The van der Waals surface area contributed by atoms with E-state index < -0.39 is 22.1 Å². The standard InChI is InChI=1S/C13H24N2O3Si.C11H20N2O3Si.2Li.H2O/c1-6-18-13(16)12-11(2)15(9-14-12)10-17-7-8-19(3,4)5;1-9-10(11(14)15)12-7-13(9)8-16-5-6-17(2,3)4;;;/h9H,6-8,10H2,1-5H3;7H,5-6,8H2,1-4H3,(H,14,15);;;1H2/q;;2*+1;/p-2. The molecule has 0 bridgehead atoms. The first kappa shape index (κ1) is 42.3. The summed E-state index contributed by atoms with van der Waals surface area (Å²) in [6.45, 7) is 21.7. The third kappa shape index (κ3) is 16.7. The van der Waals surface area contributed by atoms with Gasteiger partial charge in [-0.15, -0.1) is 0 Å². The van der Waals surface area contributed by atoms with E-state index in [0.717, 1.165) is 24.4 Å². The van der Waals surface area contributed by atoms with E-state index in [4.69, 9.17) is 14.2 Å². The van der Waals surface area contributed by atoms with Crippen LogP contribution in [0.4, 0.5) is 0 Å². The fourth-order valence-electron chi connectivity index (χ4n) is 2.83. The van der Waals surface area contributed by atoms with Gasteiger partial charge in [0.2, 0.25) is 0 Å². The molecule has 2 heterocycles. The molecule has 0 aromatic carbocycles. The zero-order valence-electron chi connectivity index (χ0n) is 25.8. The molecule has 0 aliphatic rings. The van der Waals surface area contributed by atoms with Crippen molar-refractivity contribution in [3.63, 3.8) is 0 Å². The summed E-state index contributed by atoms with van der Waals surface area (Å²) in [4.78, 5) is 30.1. The number of aromatic carboxylic acids is 1. The number of rotatable bonds is 13. The molecule has 0 atom stereocenters. The molecule has 1 N–H and O–H groups in total. The molecule has 0 fully saturated rings. The molecular formula is C24H44Li2N4O7Si2. The Morgan fingerprint density at radius 1 is 0.821 bits per heavy atom. The van der Waals surface area contributed by atoms with Gasteiger partial charge in [0, 0.05) is 35.1 Å². The van der Waals surface area contributed by atoms with Gasteiger partial charge >= 0.3 is 43.7 Å². The number of aromatic nitrogens is 4. The number of imidazole rings is 2. The second kappa shape index (κ2) is 19.9. The number of ether oxygens (including phenoxy) is 3. The first-order chi connectivity index (χ1) is 16.7. The maximum Gasteiger partial charge on any atom is 1.00 e. The molecule has 0 aliphatic carbocycles. The van der Waals surface area contributed by atoms with Crippen LogP contribution in [0, 0.1) is 13.8 Å². The van der Waals surface area contributed by atoms with Gasteiger partial charge < -0.3 is 38.7 Å². The van der Waals surface area contributed by atoms with Crippen LogP contribution in [0.5, 0.6) is 0 Å². The van der Waals surface area contributed by atoms with Crippen LogP contribution in [-0.2, 0) is 27.7 Å². The number of carboxylic acid groups (broad SMARTS) is 1. The Kier molecular flexibility index (Phi) is 21.6. The normalized spacial score (nSPS) is 10.8. The molecule has 11 nitrogen and oxygen atoms in total. The van der Waals surface area contributed by atoms with Crippen molar-refractivity contribution in [3.05, 3.63) is 35.4 Å². The van der Waals surface area contributed by atoms with Crippen LogP contribution in [0.2, 0.25) is 51.4 Å². The molecule has 0 saturated heterocycles. The third-order valence-corrected chi connectivity index (χ3v) is 8.72. The number of esters is 1. The molecule has 2 aromatic heterocycles. The zero-order valence-corrected chi connectivity index (χ0v) is 27.8. The maximum absolute atomic E-state index is 11.6. The summed E-state index contributed by atoms with van der Waals surface area (Å²) in [7, 11) is -2.13. The van der Waals surface area contributed by atoms with E-state index in [1.807, 2.05) is 11.5 Å². The fraction of sp³-hybridized carbons (Fsp3) is 0.667. The Bertz CT molecular complexity index is 990. The van der Waals surface area contributed by atoms with Gasteiger partial charge in [-0.05, 0) is 32.9 Å². The van der Waals surface area contributed by atoms with E-state index in [0.29, 0.717) is 38.1 Å². The van der Waals surface area contributed by atoms with Crippen LogP contribution in [0.25, 0.3) is 0 Å². The molecule has 0 radical (unpaired) electrons. The molecule has 0 saturated carbocycles. The van der Waals surface area contributed by atoms with E-state index >= 15 is 0 Å². The van der Waals surface area contributed by atoms with Gasteiger partial charge in [-0.2, -0.15) is 0 Å². The quantitative estimate of drug-likeness (QED) is 0.143. The number of carboxylic acids is 1. The van der Waals surface area contributed by atoms with Crippen LogP contribution in [-0.4, -0.2) is 72.5 Å². The minimum atomic E-state index is -1.25. The second-order valence-corrected chi connectivity index (χ2v) is 22.2. The van der Waals surface area contributed by atoms with E-state index in [1.165, 1.54) is 6.33 Å². The van der Waals surface area contributed by atoms with Crippen molar-refractivity contribution in [2.24, 2.45) is 0 Å². The van der Waals surface area contributed by atoms with Gasteiger partial charge in [0.05, 0.1) is 30.9 Å². The summed E-state index contributed by atoms with van der Waals surface area (Å²) in [5.74, 6) is -1.62. The summed E-state index contributed by atoms with van der Waals surface area (Å²) >= 11 is 0. The molecule has 212 valence electrons. The summed E-state index contributed by atoms with van der Waals surface area (Å²) < 4.78 is 19.6. The van der Waals surface area contributed by atoms with Gasteiger partial charge in [0.25, 0.3) is 0 Å². The van der Waals surface area contributed by atoms with Gasteiger partial charge in [0.15, 0.2) is 5.69 Å². The fourth-order valence-corrected chi connectivity index (χ4v) is 4.34. The van der Waals surface area contributed by atoms with Gasteiger partial charge in [-0.25, -0.2) is 14.8 Å². The molecule has 2 aromatic rings. The number of hydrogen-bond acceptors (Lipinski definition) is 9. The smallest absolute Gasteiger partial charge is 0.870 e. The van der Waals surface area contributed by atoms with Crippen molar-refractivity contribution in [2.45, 2.75) is 85.6 Å². The summed E-state index contributed by atoms with van der Waals surface area (Å²) in [5, 5.41) is 10.7. The van der Waals surface area contributed by atoms with E-state index in [-0.39, 0.29) is 54.9 Å². The molecule has 15 heteroatoms. The minimum absolute atomic E-state index is 0. The predicted molar refractivity (Wildman–Crippen MR) is 144 cm³/mol. The molecular weight excluding hydrogens is 526 g/mol. The van der Waals surface area contributed by atoms with Crippen LogP contribution >= 0.6 is 0 Å². The van der Waals surface area contributed by atoms with Crippen LogP contribution in [0.1, 0.15) is 39.3 Å². The van der Waals surface area contributed by atoms with E-state index in [9.17, 15) is 14.7 Å². The van der Waals surface area contributed by atoms with E-state index in [1.54, 1.807) is 24.7 Å². The van der Waals surface area contributed by atoms with Crippen molar-refractivity contribution >= 4 is 28.1 Å².